The quantitative estimate of drug-likeness (QED) is 0.360. The van der Waals surface area contributed by atoms with Gasteiger partial charge >= 0.3 is 6.18 Å². The first kappa shape index (κ1) is 20.0. The van der Waals surface area contributed by atoms with Crippen molar-refractivity contribution in [3.63, 3.8) is 0 Å². The summed E-state index contributed by atoms with van der Waals surface area (Å²) < 4.78 is 50.6. The maximum Gasteiger partial charge on any atom is 0.416 e. The monoisotopic (exact) mass is 436 g/mol. The van der Waals surface area contributed by atoms with E-state index in [2.05, 4.69) is 20.3 Å². The molecule has 0 aliphatic carbocycles. The maximum absolute atomic E-state index is 12.9. The molecule has 0 saturated heterocycles. The molecular formula is C18H15F3N6O2S. The number of alkyl halides is 3. The molecule has 12 heteroatoms. The van der Waals surface area contributed by atoms with Gasteiger partial charge in [0.05, 0.1) is 22.6 Å². The number of aromatic nitrogens is 5. The molecule has 1 aromatic carbocycles. The van der Waals surface area contributed by atoms with E-state index in [0.29, 0.717) is 22.3 Å². The lowest BCUT2D eigenvalue weighted by molar-refractivity contribution is -0.137. The van der Waals surface area contributed by atoms with Crippen LogP contribution in [0.2, 0.25) is 0 Å². The zero-order valence-corrected chi connectivity index (χ0v) is 16.5. The van der Waals surface area contributed by atoms with Crippen molar-refractivity contribution >= 4 is 11.8 Å². The Morgan fingerprint density at radius 3 is 2.70 bits per heavy atom. The van der Waals surface area contributed by atoms with Gasteiger partial charge in [0.2, 0.25) is 16.9 Å². The second-order valence-corrected chi connectivity index (χ2v) is 7.67. The Kier molecular flexibility index (Phi) is 5.02. The van der Waals surface area contributed by atoms with Gasteiger partial charge < -0.3 is 14.8 Å². The third kappa shape index (κ3) is 3.77. The van der Waals surface area contributed by atoms with E-state index in [1.165, 1.54) is 34.8 Å². The van der Waals surface area contributed by atoms with Gasteiger partial charge in [-0.15, -0.1) is 10.2 Å². The molecule has 4 rings (SSSR count). The average Bonchev–Trinajstić information content (AvgIpc) is 3.43. The Bertz CT molecular complexity index is 1180. The first-order chi connectivity index (χ1) is 14.2. The van der Waals surface area contributed by atoms with Crippen LogP contribution in [0, 0.1) is 6.92 Å². The van der Waals surface area contributed by atoms with Crippen LogP contribution in [0.15, 0.2) is 50.7 Å². The van der Waals surface area contributed by atoms with Crippen molar-refractivity contribution in [3.05, 3.63) is 53.8 Å². The summed E-state index contributed by atoms with van der Waals surface area (Å²) in [6.07, 6.45) is -2.93. The third-order valence-electron chi connectivity index (χ3n) is 4.28. The van der Waals surface area contributed by atoms with Gasteiger partial charge in [0.15, 0.2) is 5.82 Å². The van der Waals surface area contributed by atoms with Crippen molar-refractivity contribution < 1.29 is 22.1 Å². The minimum absolute atomic E-state index is 0.0625. The highest BCUT2D eigenvalue weighted by atomic mass is 32.2. The Labute approximate surface area is 172 Å². The van der Waals surface area contributed by atoms with Crippen LogP contribution in [0.4, 0.5) is 13.2 Å². The highest BCUT2D eigenvalue weighted by Crippen LogP contribution is 2.36. The van der Waals surface area contributed by atoms with Crippen molar-refractivity contribution in [3.8, 4) is 22.8 Å². The molecule has 156 valence electrons. The van der Waals surface area contributed by atoms with Gasteiger partial charge in [-0.25, -0.2) is 4.68 Å². The largest absolute Gasteiger partial charge is 0.469 e. The number of thioether (sulfide) groups is 1. The average molecular weight is 436 g/mol. The summed E-state index contributed by atoms with van der Waals surface area (Å²) in [6, 6.07) is 6.47. The van der Waals surface area contributed by atoms with Crippen LogP contribution >= 0.6 is 11.8 Å². The predicted molar refractivity (Wildman–Crippen MR) is 102 cm³/mol. The van der Waals surface area contributed by atoms with E-state index in [1.54, 1.807) is 19.9 Å². The molecule has 0 aliphatic heterocycles. The highest BCUT2D eigenvalue weighted by molar-refractivity contribution is 7.99. The molecule has 3 aromatic heterocycles. The van der Waals surface area contributed by atoms with E-state index in [-0.39, 0.29) is 22.5 Å². The fourth-order valence-corrected chi connectivity index (χ4v) is 3.52. The minimum atomic E-state index is -4.46. The van der Waals surface area contributed by atoms with Gasteiger partial charge in [0, 0.05) is 5.56 Å². The Morgan fingerprint density at radius 1 is 1.20 bits per heavy atom. The molecule has 0 fully saturated rings. The molecular weight excluding hydrogens is 421 g/mol. The third-order valence-corrected chi connectivity index (χ3v) is 5.33. The van der Waals surface area contributed by atoms with E-state index >= 15 is 0 Å². The Balaban J connectivity index is 1.54. The predicted octanol–water partition coefficient (Wildman–Crippen LogP) is 4.48. The van der Waals surface area contributed by atoms with Gasteiger partial charge in [-0.1, -0.05) is 29.1 Å². The SMILES string of the molecule is Cc1occc1-c1nnc(SC(C)c2nc(-c3cccc(C(F)(F)F)c3)no2)n1N. The van der Waals surface area contributed by atoms with Crippen LogP contribution in [-0.2, 0) is 6.18 Å². The Morgan fingerprint density at radius 2 is 2.00 bits per heavy atom. The summed E-state index contributed by atoms with van der Waals surface area (Å²) >= 11 is 1.22. The summed E-state index contributed by atoms with van der Waals surface area (Å²) in [4.78, 5) is 4.22. The van der Waals surface area contributed by atoms with E-state index in [9.17, 15) is 13.2 Å². The molecule has 0 saturated carbocycles. The number of aryl methyl sites for hydroxylation is 1. The van der Waals surface area contributed by atoms with Crippen molar-refractivity contribution in [2.75, 3.05) is 5.84 Å². The molecule has 1 unspecified atom stereocenters. The molecule has 0 aliphatic rings. The van der Waals surface area contributed by atoms with Crippen LogP contribution in [0.1, 0.15) is 29.4 Å². The molecule has 30 heavy (non-hydrogen) atoms. The number of benzene rings is 1. The van der Waals surface area contributed by atoms with Gasteiger partial charge in [0.25, 0.3) is 0 Å². The minimum Gasteiger partial charge on any atom is -0.469 e. The number of hydrogen-bond acceptors (Lipinski definition) is 8. The second-order valence-electron chi connectivity index (χ2n) is 6.36. The number of rotatable bonds is 5. The first-order valence-corrected chi connectivity index (χ1v) is 9.55. The smallest absolute Gasteiger partial charge is 0.416 e. The fourth-order valence-electron chi connectivity index (χ4n) is 2.72. The lowest BCUT2D eigenvalue weighted by Crippen LogP contribution is -2.12. The molecule has 1 atom stereocenters. The first-order valence-electron chi connectivity index (χ1n) is 8.67. The van der Waals surface area contributed by atoms with Crippen molar-refractivity contribution in [2.45, 2.75) is 30.4 Å². The maximum atomic E-state index is 12.9. The molecule has 2 N–H and O–H groups in total. The number of nitrogen functional groups attached to an aromatic ring is 1. The van der Waals surface area contributed by atoms with Crippen LogP contribution < -0.4 is 5.84 Å². The van der Waals surface area contributed by atoms with Gasteiger partial charge in [-0.05, 0) is 32.0 Å². The molecule has 3 heterocycles. The number of nitrogens with zero attached hydrogens (tertiary/aromatic N) is 5. The summed E-state index contributed by atoms with van der Waals surface area (Å²) in [5, 5.41) is 12.0. The number of nitrogens with two attached hydrogens (primary N) is 1. The van der Waals surface area contributed by atoms with E-state index in [4.69, 9.17) is 14.8 Å². The summed E-state index contributed by atoms with van der Waals surface area (Å²) in [5.41, 5.74) is 0.137. The number of furan rings is 1. The molecule has 0 radical (unpaired) electrons. The van der Waals surface area contributed by atoms with Crippen molar-refractivity contribution in [1.29, 1.82) is 0 Å². The van der Waals surface area contributed by atoms with Crippen LogP contribution in [0.25, 0.3) is 22.8 Å². The summed E-state index contributed by atoms with van der Waals surface area (Å²) in [7, 11) is 0. The topological polar surface area (TPSA) is 109 Å². The van der Waals surface area contributed by atoms with Crippen molar-refractivity contribution in [1.82, 2.24) is 25.0 Å². The van der Waals surface area contributed by atoms with Crippen molar-refractivity contribution in [2.24, 2.45) is 0 Å². The number of halogens is 3. The van der Waals surface area contributed by atoms with Gasteiger partial charge in [-0.2, -0.15) is 18.2 Å². The second kappa shape index (κ2) is 7.52. The van der Waals surface area contributed by atoms with Crippen LogP contribution in [0.3, 0.4) is 0 Å². The zero-order chi connectivity index (χ0) is 21.5. The summed E-state index contributed by atoms with van der Waals surface area (Å²) in [5.74, 6) is 7.47. The molecule has 0 bridgehead atoms. The van der Waals surface area contributed by atoms with Gasteiger partial charge in [-0.3, -0.25) is 0 Å². The van der Waals surface area contributed by atoms with E-state index < -0.39 is 11.7 Å². The lowest BCUT2D eigenvalue weighted by Gasteiger charge is -2.07. The Hall–Kier alpha value is -3.28. The van der Waals surface area contributed by atoms with E-state index in [0.717, 1.165) is 12.1 Å². The van der Waals surface area contributed by atoms with Crippen LogP contribution in [-0.4, -0.2) is 25.0 Å². The normalized spacial score (nSPS) is 13.0. The van der Waals surface area contributed by atoms with Crippen LogP contribution in [0.5, 0.6) is 0 Å². The van der Waals surface area contributed by atoms with E-state index in [1.807, 2.05) is 0 Å². The fraction of sp³-hybridized carbons (Fsp3) is 0.222. The standard InChI is InChI=1S/C18H15F3N6O2S/c1-9-13(6-7-28-9)15-24-25-17(27(15)22)30-10(2)16-23-14(26-29-16)11-4-3-5-12(8-11)18(19,20)21/h3-8,10H,22H2,1-2H3. The van der Waals surface area contributed by atoms with Gasteiger partial charge in [0.1, 0.15) is 5.76 Å². The zero-order valence-electron chi connectivity index (χ0n) is 15.7. The number of hydrogen-bond donors (Lipinski definition) is 1. The molecule has 0 amide bonds. The molecule has 4 aromatic rings. The molecule has 8 nitrogen and oxygen atoms in total. The summed E-state index contributed by atoms with van der Waals surface area (Å²) in [6.45, 7) is 3.57. The lowest BCUT2D eigenvalue weighted by atomic mass is 10.1. The highest BCUT2D eigenvalue weighted by Gasteiger charge is 2.31. The molecule has 0 spiro atoms.